The second-order valence-electron chi connectivity index (χ2n) is 6.06. The van der Waals surface area contributed by atoms with Gasteiger partial charge < -0.3 is 0 Å². The first-order chi connectivity index (χ1) is 11.9. The molecule has 1 heterocycles. The van der Waals surface area contributed by atoms with Crippen molar-refractivity contribution < 1.29 is 0 Å². The summed E-state index contributed by atoms with van der Waals surface area (Å²) in [5.41, 5.74) is 6.11. The van der Waals surface area contributed by atoms with Crippen LogP contribution in [0.2, 0.25) is 0 Å². The summed E-state index contributed by atoms with van der Waals surface area (Å²) in [4.78, 5) is 4.76. The summed E-state index contributed by atoms with van der Waals surface area (Å²) in [5.74, 6) is 0. The van der Waals surface area contributed by atoms with Crippen molar-refractivity contribution in [1.82, 2.24) is 4.98 Å². The molecule has 0 unspecified atom stereocenters. The lowest BCUT2D eigenvalue weighted by Crippen LogP contribution is -1.95. The van der Waals surface area contributed by atoms with Crippen LogP contribution in [-0.2, 0) is 12.8 Å². The molecular weight excluding hydrogens is 290 g/mol. The minimum Gasteiger partial charge on any atom is -0.253 e. The van der Waals surface area contributed by atoms with Gasteiger partial charge in [0.1, 0.15) is 0 Å². The van der Waals surface area contributed by atoms with Gasteiger partial charge in [-0.25, -0.2) is 0 Å². The summed E-state index contributed by atoms with van der Waals surface area (Å²) < 4.78 is 0. The van der Waals surface area contributed by atoms with Crippen LogP contribution in [0.1, 0.15) is 11.3 Å². The van der Waals surface area contributed by atoms with E-state index in [2.05, 4.69) is 84.9 Å². The molecule has 0 aliphatic rings. The Bertz CT molecular complexity index is 940. The number of aryl methyl sites for hydroxylation is 2. The normalized spacial score (nSPS) is 10.8. The molecule has 1 heteroatoms. The third kappa shape index (κ3) is 3.21. The second kappa shape index (κ2) is 6.67. The number of para-hydroxylation sites is 1. The van der Waals surface area contributed by atoms with Gasteiger partial charge in [0.25, 0.3) is 0 Å². The smallest absolute Gasteiger partial charge is 0.0705 e. The van der Waals surface area contributed by atoms with Crippen LogP contribution in [-0.4, -0.2) is 4.98 Å². The maximum atomic E-state index is 4.76. The molecule has 0 aliphatic carbocycles. The standard InChI is InChI=1S/C23H19N/c1-2-6-19(7-3-1)20-13-10-18(11-14-20)12-16-22-17-15-21-8-4-5-9-23(21)24-22/h1-11,13-15,17H,12,16H2. The average molecular weight is 309 g/mol. The van der Waals surface area contributed by atoms with E-state index >= 15 is 0 Å². The first kappa shape index (κ1) is 14.6. The number of fused-ring (bicyclic) bond motifs is 1. The van der Waals surface area contributed by atoms with Gasteiger partial charge in [0.15, 0.2) is 0 Å². The Balaban J connectivity index is 1.47. The van der Waals surface area contributed by atoms with E-state index in [9.17, 15) is 0 Å². The molecule has 0 saturated carbocycles. The summed E-state index contributed by atoms with van der Waals surface area (Å²) >= 11 is 0. The van der Waals surface area contributed by atoms with Crippen molar-refractivity contribution in [2.45, 2.75) is 12.8 Å². The summed E-state index contributed by atoms with van der Waals surface area (Å²) in [5, 5.41) is 1.20. The van der Waals surface area contributed by atoms with Crippen molar-refractivity contribution in [3.8, 4) is 11.1 Å². The van der Waals surface area contributed by atoms with Crippen molar-refractivity contribution in [3.05, 3.63) is 102 Å². The first-order valence-corrected chi connectivity index (χ1v) is 8.37. The summed E-state index contributed by atoms with van der Waals surface area (Å²) in [6.07, 6.45) is 1.98. The molecule has 3 aromatic carbocycles. The minimum absolute atomic E-state index is 0.968. The van der Waals surface area contributed by atoms with E-state index in [0.717, 1.165) is 24.1 Å². The number of hydrogen-bond acceptors (Lipinski definition) is 1. The largest absolute Gasteiger partial charge is 0.253 e. The van der Waals surface area contributed by atoms with Crippen LogP contribution < -0.4 is 0 Å². The Morgan fingerprint density at radius 3 is 2.08 bits per heavy atom. The van der Waals surface area contributed by atoms with Crippen LogP contribution >= 0.6 is 0 Å². The van der Waals surface area contributed by atoms with Crippen LogP contribution in [0.5, 0.6) is 0 Å². The quantitative estimate of drug-likeness (QED) is 0.472. The van der Waals surface area contributed by atoms with Crippen molar-refractivity contribution in [2.24, 2.45) is 0 Å². The van der Waals surface area contributed by atoms with Gasteiger partial charge >= 0.3 is 0 Å². The van der Waals surface area contributed by atoms with Gasteiger partial charge in [0.2, 0.25) is 0 Å². The van der Waals surface area contributed by atoms with Crippen molar-refractivity contribution in [2.75, 3.05) is 0 Å². The lowest BCUT2D eigenvalue weighted by molar-refractivity contribution is 0.923. The topological polar surface area (TPSA) is 12.9 Å². The van der Waals surface area contributed by atoms with E-state index in [1.165, 1.54) is 22.1 Å². The average Bonchev–Trinajstić information content (AvgIpc) is 2.67. The Morgan fingerprint density at radius 1 is 0.542 bits per heavy atom. The van der Waals surface area contributed by atoms with Crippen LogP contribution in [0, 0.1) is 0 Å². The molecular formula is C23H19N. The van der Waals surface area contributed by atoms with Gasteiger partial charge in [-0.2, -0.15) is 0 Å². The lowest BCUT2D eigenvalue weighted by Gasteiger charge is -2.06. The molecule has 0 fully saturated rings. The molecule has 0 spiro atoms. The van der Waals surface area contributed by atoms with E-state index in [1.807, 2.05) is 6.07 Å². The number of aromatic nitrogens is 1. The molecule has 0 saturated heterocycles. The van der Waals surface area contributed by atoms with Gasteiger partial charge in [-0.3, -0.25) is 4.98 Å². The fourth-order valence-electron chi connectivity index (χ4n) is 3.01. The molecule has 1 nitrogen and oxygen atoms in total. The molecule has 4 rings (SSSR count). The number of benzene rings is 3. The van der Waals surface area contributed by atoms with Crippen LogP contribution in [0.15, 0.2) is 91.0 Å². The predicted octanol–water partition coefficient (Wildman–Crippen LogP) is 5.69. The number of pyridine rings is 1. The van der Waals surface area contributed by atoms with Crippen LogP contribution in [0.25, 0.3) is 22.0 Å². The highest BCUT2D eigenvalue weighted by Crippen LogP contribution is 2.20. The highest BCUT2D eigenvalue weighted by molar-refractivity contribution is 5.78. The summed E-state index contributed by atoms with van der Waals surface area (Å²) in [6.45, 7) is 0. The van der Waals surface area contributed by atoms with E-state index in [0.29, 0.717) is 0 Å². The predicted molar refractivity (Wildman–Crippen MR) is 101 cm³/mol. The number of rotatable bonds is 4. The highest BCUT2D eigenvalue weighted by Gasteiger charge is 2.01. The SMILES string of the molecule is c1ccc(-c2ccc(CCc3ccc4ccccc4n3)cc2)cc1. The van der Waals surface area contributed by atoms with Crippen LogP contribution in [0.3, 0.4) is 0 Å². The van der Waals surface area contributed by atoms with Gasteiger partial charge in [-0.1, -0.05) is 78.9 Å². The Hall–Kier alpha value is -2.93. The van der Waals surface area contributed by atoms with Crippen LogP contribution in [0.4, 0.5) is 0 Å². The van der Waals surface area contributed by atoms with Gasteiger partial charge in [-0.05, 0) is 41.7 Å². The van der Waals surface area contributed by atoms with Crippen molar-refractivity contribution in [1.29, 1.82) is 0 Å². The molecule has 0 bridgehead atoms. The Morgan fingerprint density at radius 2 is 1.25 bits per heavy atom. The highest BCUT2D eigenvalue weighted by atomic mass is 14.7. The minimum atomic E-state index is 0.968. The van der Waals surface area contributed by atoms with Gasteiger partial charge in [0, 0.05) is 11.1 Å². The number of hydrogen-bond donors (Lipinski definition) is 0. The fourth-order valence-corrected chi connectivity index (χ4v) is 3.01. The fraction of sp³-hybridized carbons (Fsp3) is 0.0870. The molecule has 0 N–H and O–H groups in total. The molecule has 1 aromatic heterocycles. The van der Waals surface area contributed by atoms with Crippen molar-refractivity contribution >= 4 is 10.9 Å². The Kier molecular flexibility index (Phi) is 4.07. The monoisotopic (exact) mass is 309 g/mol. The maximum Gasteiger partial charge on any atom is 0.0705 e. The van der Waals surface area contributed by atoms with Crippen molar-refractivity contribution in [3.63, 3.8) is 0 Å². The summed E-state index contributed by atoms with van der Waals surface area (Å²) in [6, 6.07) is 31.9. The first-order valence-electron chi connectivity index (χ1n) is 8.37. The van der Waals surface area contributed by atoms with E-state index in [1.54, 1.807) is 0 Å². The molecule has 0 amide bonds. The van der Waals surface area contributed by atoms with Gasteiger partial charge in [-0.15, -0.1) is 0 Å². The van der Waals surface area contributed by atoms with E-state index in [-0.39, 0.29) is 0 Å². The zero-order chi connectivity index (χ0) is 16.2. The second-order valence-corrected chi connectivity index (χ2v) is 6.06. The lowest BCUT2D eigenvalue weighted by atomic mass is 10.0. The third-order valence-corrected chi connectivity index (χ3v) is 4.39. The third-order valence-electron chi connectivity index (χ3n) is 4.39. The van der Waals surface area contributed by atoms with E-state index in [4.69, 9.17) is 4.98 Å². The molecule has 24 heavy (non-hydrogen) atoms. The molecule has 0 aliphatic heterocycles. The Labute approximate surface area is 142 Å². The maximum absolute atomic E-state index is 4.76. The van der Waals surface area contributed by atoms with Gasteiger partial charge in [0.05, 0.1) is 5.52 Å². The molecule has 4 aromatic rings. The van der Waals surface area contributed by atoms with E-state index < -0.39 is 0 Å². The zero-order valence-electron chi connectivity index (χ0n) is 13.5. The number of nitrogens with zero attached hydrogens (tertiary/aromatic N) is 1. The summed E-state index contributed by atoms with van der Waals surface area (Å²) in [7, 11) is 0. The zero-order valence-corrected chi connectivity index (χ0v) is 13.5. The molecule has 116 valence electrons. The molecule has 0 atom stereocenters. The molecule has 0 radical (unpaired) electrons.